The lowest BCUT2D eigenvalue weighted by atomic mass is 9.86. The van der Waals surface area contributed by atoms with Gasteiger partial charge in [-0.05, 0) is 44.7 Å². The third-order valence-corrected chi connectivity index (χ3v) is 5.14. The van der Waals surface area contributed by atoms with E-state index in [-0.39, 0.29) is 17.9 Å². The highest BCUT2D eigenvalue weighted by Gasteiger charge is 2.28. The van der Waals surface area contributed by atoms with Crippen molar-refractivity contribution in [3.8, 4) is 10.8 Å². The van der Waals surface area contributed by atoms with E-state index in [1.807, 2.05) is 13.0 Å². The van der Waals surface area contributed by atoms with E-state index in [1.165, 1.54) is 11.3 Å². The number of aromatic nitrogens is 1. The molecule has 6 nitrogen and oxygen atoms in total. The van der Waals surface area contributed by atoms with Crippen LogP contribution in [0, 0.1) is 12.8 Å². The van der Waals surface area contributed by atoms with E-state index < -0.39 is 5.97 Å². The van der Waals surface area contributed by atoms with Gasteiger partial charge < -0.3 is 14.8 Å². The van der Waals surface area contributed by atoms with E-state index in [2.05, 4.69) is 10.3 Å². The van der Waals surface area contributed by atoms with Crippen LogP contribution in [0.5, 0.6) is 0 Å². The molecule has 2 aromatic rings. The third-order valence-electron chi connectivity index (χ3n) is 4.16. The highest BCUT2D eigenvalue weighted by Crippen LogP contribution is 2.29. The second kappa shape index (κ2) is 6.54. The minimum atomic E-state index is -0.742. The van der Waals surface area contributed by atoms with Gasteiger partial charge in [0.1, 0.15) is 5.69 Å². The Kier molecular flexibility index (Phi) is 4.47. The number of rotatable bonds is 4. The van der Waals surface area contributed by atoms with Gasteiger partial charge in [-0.2, -0.15) is 0 Å². The predicted molar refractivity (Wildman–Crippen MR) is 85.4 cm³/mol. The van der Waals surface area contributed by atoms with Crippen LogP contribution < -0.4 is 5.32 Å². The molecule has 2 aromatic heterocycles. The predicted octanol–water partition coefficient (Wildman–Crippen LogP) is 3.08. The molecule has 0 saturated heterocycles. The molecule has 2 heterocycles. The summed E-state index contributed by atoms with van der Waals surface area (Å²) in [5.41, 5.74) is 0.418. The molecule has 7 heteroatoms. The first kappa shape index (κ1) is 15.7. The van der Waals surface area contributed by atoms with Crippen molar-refractivity contribution in [1.82, 2.24) is 10.3 Å². The Bertz CT molecular complexity index is 700. The number of carboxylic acid groups (broad SMARTS) is 1. The largest absolute Gasteiger partial charge is 0.481 e. The van der Waals surface area contributed by atoms with Gasteiger partial charge in [0.05, 0.1) is 12.2 Å². The molecule has 0 bridgehead atoms. The van der Waals surface area contributed by atoms with Gasteiger partial charge in [-0.15, -0.1) is 11.3 Å². The first-order chi connectivity index (χ1) is 11.0. The van der Waals surface area contributed by atoms with Gasteiger partial charge in [0.25, 0.3) is 5.91 Å². The fourth-order valence-electron chi connectivity index (χ4n) is 2.85. The first-order valence-electron chi connectivity index (χ1n) is 7.59. The highest BCUT2D eigenvalue weighted by atomic mass is 32.1. The van der Waals surface area contributed by atoms with Crippen LogP contribution in [0.2, 0.25) is 0 Å². The fraction of sp³-hybridized carbons (Fsp3) is 0.438. The van der Waals surface area contributed by atoms with E-state index in [0.29, 0.717) is 42.1 Å². The number of aliphatic carboxylic acids is 1. The summed E-state index contributed by atoms with van der Waals surface area (Å²) in [5, 5.41) is 12.7. The molecule has 0 aliphatic heterocycles. The maximum Gasteiger partial charge on any atom is 0.306 e. The number of furan rings is 1. The molecule has 0 aromatic carbocycles. The monoisotopic (exact) mass is 334 g/mol. The van der Waals surface area contributed by atoms with E-state index >= 15 is 0 Å². The summed E-state index contributed by atoms with van der Waals surface area (Å²) < 4.78 is 5.31. The summed E-state index contributed by atoms with van der Waals surface area (Å²) in [4.78, 5) is 28.6. The normalized spacial score (nSPS) is 21.1. The number of amides is 1. The Balaban J connectivity index is 1.64. The molecule has 0 radical (unpaired) electrons. The van der Waals surface area contributed by atoms with Gasteiger partial charge in [0, 0.05) is 10.9 Å². The molecule has 1 saturated carbocycles. The number of aryl methyl sites for hydroxylation is 1. The van der Waals surface area contributed by atoms with Crippen LogP contribution in [-0.2, 0) is 4.79 Å². The average molecular weight is 334 g/mol. The average Bonchev–Trinajstić information content (AvgIpc) is 3.16. The van der Waals surface area contributed by atoms with E-state index in [9.17, 15) is 9.59 Å². The smallest absolute Gasteiger partial charge is 0.306 e. The molecule has 0 unspecified atom stereocenters. The first-order valence-corrected chi connectivity index (χ1v) is 8.41. The summed E-state index contributed by atoms with van der Waals surface area (Å²) in [6.45, 7) is 1.86. The molecule has 122 valence electrons. The Labute approximate surface area is 137 Å². The van der Waals surface area contributed by atoms with Crippen molar-refractivity contribution >= 4 is 23.2 Å². The molecule has 1 aliphatic carbocycles. The number of carbonyl (C=O) groups is 2. The standard InChI is InChI=1S/C16H18N2O4S/c1-9-13(18-15(23-9)12-3-2-8-22-12)14(19)17-11-6-4-10(5-7-11)16(20)21/h2-3,8,10-11H,4-7H2,1H3,(H,17,19)(H,20,21). The fourth-order valence-corrected chi connectivity index (χ4v) is 3.73. The van der Waals surface area contributed by atoms with Gasteiger partial charge in [-0.1, -0.05) is 0 Å². The van der Waals surface area contributed by atoms with Crippen molar-refractivity contribution in [2.24, 2.45) is 5.92 Å². The van der Waals surface area contributed by atoms with E-state index in [4.69, 9.17) is 9.52 Å². The SMILES string of the molecule is Cc1sc(-c2ccco2)nc1C(=O)NC1CCC(C(=O)O)CC1. The Morgan fingerprint density at radius 3 is 2.70 bits per heavy atom. The van der Waals surface area contributed by atoms with Crippen molar-refractivity contribution in [3.63, 3.8) is 0 Å². The third kappa shape index (κ3) is 3.44. The van der Waals surface area contributed by atoms with Crippen LogP contribution in [0.15, 0.2) is 22.8 Å². The summed E-state index contributed by atoms with van der Waals surface area (Å²) in [6.07, 6.45) is 4.17. The minimum Gasteiger partial charge on any atom is -0.481 e. The van der Waals surface area contributed by atoms with Crippen molar-refractivity contribution < 1.29 is 19.1 Å². The number of thiazole rings is 1. The van der Waals surface area contributed by atoms with E-state index in [1.54, 1.807) is 12.3 Å². The zero-order valence-corrected chi connectivity index (χ0v) is 13.6. The lowest BCUT2D eigenvalue weighted by molar-refractivity contribution is -0.142. The van der Waals surface area contributed by atoms with Crippen LogP contribution >= 0.6 is 11.3 Å². The van der Waals surface area contributed by atoms with Crippen LogP contribution in [0.1, 0.15) is 41.0 Å². The summed E-state index contributed by atoms with van der Waals surface area (Å²) in [5.74, 6) is -0.572. The number of carboxylic acids is 1. The van der Waals surface area contributed by atoms with Crippen LogP contribution in [-0.4, -0.2) is 28.0 Å². The Morgan fingerprint density at radius 2 is 2.09 bits per heavy atom. The minimum absolute atomic E-state index is 0.0197. The van der Waals surface area contributed by atoms with Crippen molar-refractivity contribution in [2.45, 2.75) is 38.6 Å². The van der Waals surface area contributed by atoms with Crippen LogP contribution in [0.3, 0.4) is 0 Å². The summed E-state index contributed by atoms with van der Waals surface area (Å²) >= 11 is 1.42. The molecule has 0 atom stereocenters. The second-order valence-electron chi connectivity index (χ2n) is 5.76. The van der Waals surface area contributed by atoms with E-state index in [0.717, 1.165) is 4.88 Å². The molecule has 1 amide bonds. The number of nitrogens with one attached hydrogen (secondary N) is 1. The second-order valence-corrected chi connectivity index (χ2v) is 6.96. The molecule has 2 N–H and O–H groups in total. The van der Waals surface area contributed by atoms with Crippen molar-refractivity contribution in [1.29, 1.82) is 0 Å². The number of nitrogens with zero attached hydrogens (tertiary/aromatic N) is 1. The Morgan fingerprint density at radius 1 is 1.35 bits per heavy atom. The van der Waals surface area contributed by atoms with Crippen LogP contribution in [0.25, 0.3) is 10.8 Å². The van der Waals surface area contributed by atoms with Gasteiger partial charge in [0.2, 0.25) is 0 Å². The lowest BCUT2D eigenvalue weighted by Crippen LogP contribution is -2.39. The zero-order chi connectivity index (χ0) is 16.4. The molecule has 1 fully saturated rings. The molecular weight excluding hydrogens is 316 g/mol. The van der Waals surface area contributed by atoms with Crippen molar-refractivity contribution in [2.75, 3.05) is 0 Å². The molecule has 0 spiro atoms. The van der Waals surface area contributed by atoms with Gasteiger partial charge >= 0.3 is 5.97 Å². The van der Waals surface area contributed by atoms with Gasteiger partial charge in [0.15, 0.2) is 10.8 Å². The molecule has 1 aliphatic rings. The lowest BCUT2D eigenvalue weighted by Gasteiger charge is -2.26. The molecule has 3 rings (SSSR count). The quantitative estimate of drug-likeness (QED) is 0.896. The van der Waals surface area contributed by atoms with Gasteiger partial charge in [-0.25, -0.2) is 4.98 Å². The summed E-state index contributed by atoms with van der Waals surface area (Å²) in [6, 6.07) is 3.62. The maximum absolute atomic E-state index is 12.4. The topological polar surface area (TPSA) is 92.4 Å². The number of hydrogen-bond donors (Lipinski definition) is 2. The number of carbonyl (C=O) groups excluding carboxylic acids is 1. The molecular formula is C16H18N2O4S. The van der Waals surface area contributed by atoms with Gasteiger partial charge in [-0.3, -0.25) is 9.59 Å². The zero-order valence-electron chi connectivity index (χ0n) is 12.7. The number of hydrogen-bond acceptors (Lipinski definition) is 5. The van der Waals surface area contributed by atoms with Crippen LogP contribution in [0.4, 0.5) is 0 Å². The maximum atomic E-state index is 12.4. The Hall–Kier alpha value is -2.15. The van der Waals surface area contributed by atoms with Crippen molar-refractivity contribution in [3.05, 3.63) is 29.0 Å². The highest BCUT2D eigenvalue weighted by molar-refractivity contribution is 7.15. The molecule has 23 heavy (non-hydrogen) atoms. The summed E-state index contributed by atoms with van der Waals surface area (Å²) in [7, 11) is 0.